The van der Waals surface area contributed by atoms with Crippen LogP contribution in [-0.2, 0) is 19.2 Å². The maximum Gasteiger partial charge on any atom is 0.303 e. The van der Waals surface area contributed by atoms with Crippen LogP contribution in [0.25, 0.3) is 0 Å². The van der Waals surface area contributed by atoms with Crippen LogP contribution in [0.3, 0.4) is 0 Å². The number of nitrogens with one attached hydrogen (secondary N) is 1. The molecule has 0 radical (unpaired) electrons. The smallest absolute Gasteiger partial charge is 0.303 e. The van der Waals surface area contributed by atoms with Gasteiger partial charge in [-0.15, -0.1) is 0 Å². The molecule has 0 atom stereocenters. The number of hydrogen-bond donors (Lipinski definition) is 2. The molecule has 1 aromatic rings. The highest BCUT2D eigenvalue weighted by molar-refractivity contribution is 6.10. The minimum atomic E-state index is -0.809. The minimum Gasteiger partial charge on any atom is -0.481 e. The fourth-order valence-electron chi connectivity index (χ4n) is 3.60. The molecule has 8 heteroatoms. The van der Waals surface area contributed by atoms with E-state index in [1.54, 1.807) is 29.2 Å². The van der Waals surface area contributed by atoms with Gasteiger partial charge < -0.3 is 20.2 Å². The molecule has 27 heavy (non-hydrogen) atoms. The molecule has 0 unspecified atom stereocenters. The lowest BCUT2D eigenvalue weighted by molar-refractivity contribution is -0.139. The average Bonchev–Trinajstić information content (AvgIpc) is 2.65. The van der Waals surface area contributed by atoms with Crippen molar-refractivity contribution in [2.45, 2.75) is 32.1 Å². The van der Waals surface area contributed by atoms with Gasteiger partial charge in [-0.05, 0) is 30.9 Å². The molecule has 8 nitrogen and oxygen atoms in total. The number of fused-ring (bicyclic) bond motifs is 1. The molecule has 1 saturated heterocycles. The highest BCUT2D eigenvalue weighted by Crippen LogP contribution is 2.29. The molecule has 0 aliphatic carbocycles. The Kier molecular flexibility index (Phi) is 5.73. The van der Waals surface area contributed by atoms with E-state index in [9.17, 15) is 19.2 Å². The second kappa shape index (κ2) is 8.20. The Labute approximate surface area is 157 Å². The molecular formula is C19H23N3O5. The van der Waals surface area contributed by atoms with Crippen LogP contribution >= 0.6 is 0 Å². The summed E-state index contributed by atoms with van der Waals surface area (Å²) < 4.78 is 0. The number of hydrogen-bond acceptors (Lipinski definition) is 4. The lowest BCUT2D eigenvalue weighted by Gasteiger charge is -2.32. The van der Waals surface area contributed by atoms with E-state index in [1.807, 2.05) is 0 Å². The maximum absolute atomic E-state index is 12.6. The number of piperidine rings is 1. The number of carboxylic acid groups (broad SMARTS) is 1. The number of anilines is 2. The van der Waals surface area contributed by atoms with Gasteiger partial charge in [-0.2, -0.15) is 0 Å². The summed E-state index contributed by atoms with van der Waals surface area (Å²) in [5.41, 5.74) is 1.23. The van der Waals surface area contributed by atoms with E-state index in [2.05, 4.69) is 5.32 Å². The average molecular weight is 373 g/mol. The summed E-state index contributed by atoms with van der Waals surface area (Å²) in [7, 11) is 0. The van der Waals surface area contributed by atoms with Gasteiger partial charge in [0.15, 0.2) is 0 Å². The summed E-state index contributed by atoms with van der Waals surface area (Å²) in [6.07, 6.45) is 1.60. The molecular weight excluding hydrogens is 350 g/mol. The second-order valence-corrected chi connectivity index (χ2v) is 6.97. The molecule has 1 aromatic carbocycles. The number of carbonyl (C=O) groups excluding carboxylic acids is 3. The Morgan fingerprint density at radius 2 is 1.74 bits per heavy atom. The summed E-state index contributed by atoms with van der Waals surface area (Å²) in [4.78, 5) is 50.7. The first-order chi connectivity index (χ1) is 12.9. The van der Waals surface area contributed by atoms with Gasteiger partial charge in [0, 0.05) is 32.4 Å². The number of benzene rings is 1. The van der Waals surface area contributed by atoms with Crippen LogP contribution < -0.4 is 10.2 Å². The zero-order valence-electron chi connectivity index (χ0n) is 15.0. The van der Waals surface area contributed by atoms with Gasteiger partial charge in [-0.25, -0.2) is 0 Å². The highest BCUT2D eigenvalue weighted by Gasteiger charge is 2.28. The molecule has 2 aliphatic rings. The summed E-state index contributed by atoms with van der Waals surface area (Å²) >= 11 is 0. The van der Waals surface area contributed by atoms with Gasteiger partial charge >= 0.3 is 5.97 Å². The van der Waals surface area contributed by atoms with E-state index < -0.39 is 5.97 Å². The zero-order valence-corrected chi connectivity index (χ0v) is 15.0. The van der Waals surface area contributed by atoms with Crippen LogP contribution in [0.1, 0.15) is 32.1 Å². The van der Waals surface area contributed by atoms with Gasteiger partial charge in [0.25, 0.3) is 0 Å². The zero-order chi connectivity index (χ0) is 19.4. The Morgan fingerprint density at radius 1 is 1.07 bits per heavy atom. The van der Waals surface area contributed by atoms with E-state index in [-0.39, 0.29) is 49.4 Å². The highest BCUT2D eigenvalue weighted by atomic mass is 16.4. The Balaban J connectivity index is 1.52. The first-order valence-corrected chi connectivity index (χ1v) is 9.13. The standard InChI is InChI=1S/C19H23N3O5/c23-16-12-22(15-4-2-1-3-14(15)20-16)18(25)6-5-17(24)21-9-7-13(8-10-21)11-19(26)27/h1-4,13H,5-12H2,(H,20,23)(H,26,27). The van der Waals surface area contributed by atoms with E-state index in [4.69, 9.17) is 5.11 Å². The fourth-order valence-corrected chi connectivity index (χ4v) is 3.60. The number of para-hydroxylation sites is 2. The third kappa shape index (κ3) is 4.64. The topological polar surface area (TPSA) is 107 Å². The summed E-state index contributed by atoms with van der Waals surface area (Å²) in [5, 5.41) is 11.6. The van der Waals surface area contributed by atoms with Crippen LogP contribution in [-0.4, -0.2) is 53.3 Å². The molecule has 0 bridgehead atoms. The number of carbonyl (C=O) groups is 4. The monoisotopic (exact) mass is 373 g/mol. The van der Waals surface area contributed by atoms with Gasteiger partial charge in [0.1, 0.15) is 6.54 Å². The Hall–Kier alpha value is -2.90. The summed E-state index contributed by atoms with van der Waals surface area (Å²) in [6.45, 7) is 1.00. The molecule has 3 amide bonds. The number of aliphatic carboxylic acids is 1. The van der Waals surface area contributed by atoms with Gasteiger partial charge in [-0.1, -0.05) is 12.1 Å². The van der Waals surface area contributed by atoms with Gasteiger partial charge in [0.2, 0.25) is 17.7 Å². The van der Waals surface area contributed by atoms with Crippen LogP contribution in [0, 0.1) is 5.92 Å². The van der Waals surface area contributed by atoms with Crippen molar-refractivity contribution >= 4 is 35.1 Å². The predicted molar refractivity (Wildman–Crippen MR) is 98.2 cm³/mol. The predicted octanol–water partition coefficient (Wildman–Crippen LogP) is 1.47. The molecule has 144 valence electrons. The SMILES string of the molecule is O=C(O)CC1CCN(C(=O)CCC(=O)N2CC(=O)Nc3ccccc32)CC1. The normalized spacial score (nSPS) is 17.3. The molecule has 0 saturated carbocycles. The molecule has 2 heterocycles. The lowest BCUT2D eigenvalue weighted by atomic mass is 9.93. The maximum atomic E-state index is 12.6. The molecule has 0 aromatic heterocycles. The molecule has 3 rings (SSSR count). The van der Waals surface area contributed by atoms with Crippen molar-refractivity contribution in [2.75, 3.05) is 29.9 Å². The fraction of sp³-hybridized carbons (Fsp3) is 0.474. The third-order valence-corrected chi connectivity index (χ3v) is 5.05. The van der Waals surface area contributed by atoms with Crippen LogP contribution in [0.4, 0.5) is 11.4 Å². The van der Waals surface area contributed by atoms with E-state index in [0.29, 0.717) is 37.3 Å². The van der Waals surface area contributed by atoms with E-state index in [1.165, 1.54) is 4.90 Å². The third-order valence-electron chi connectivity index (χ3n) is 5.05. The van der Waals surface area contributed by atoms with Crippen LogP contribution in [0.5, 0.6) is 0 Å². The molecule has 2 N–H and O–H groups in total. The van der Waals surface area contributed by atoms with Crippen molar-refractivity contribution in [1.29, 1.82) is 0 Å². The molecule has 0 spiro atoms. The Morgan fingerprint density at radius 3 is 2.44 bits per heavy atom. The lowest BCUT2D eigenvalue weighted by Crippen LogP contribution is -2.43. The van der Waals surface area contributed by atoms with Crippen molar-refractivity contribution in [2.24, 2.45) is 5.92 Å². The number of carboxylic acids is 1. The number of likely N-dealkylation sites (tertiary alicyclic amines) is 1. The van der Waals surface area contributed by atoms with Crippen molar-refractivity contribution < 1.29 is 24.3 Å². The van der Waals surface area contributed by atoms with Crippen molar-refractivity contribution in [3.05, 3.63) is 24.3 Å². The van der Waals surface area contributed by atoms with Crippen molar-refractivity contribution in [3.63, 3.8) is 0 Å². The number of rotatable bonds is 5. The Bertz CT molecular complexity index is 755. The quantitative estimate of drug-likeness (QED) is 0.813. The molecule has 2 aliphatic heterocycles. The van der Waals surface area contributed by atoms with Crippen LogP contribution in [0.15, 0.2) is 24.3 Å². The number of amides is 3. The van der Waals surface area contributed by atoms with Crippen molar-refractivity contribution in [3.8, 4) is 0 Å². The van der Waals surface area contributed by atoms with E-state index >= 15 is 0 Å². The van der Waals surface area contributed by atoms with Gasteiger partial charge in [-0.3, -0.25) is 19.2 Å². The van der Waals surface area contributed by atoms with Gasteiger partial charge in [0.05, 0.1) is 11.4 Å². The second-order valence-electron chi connectivity index (χ2n) is 6.97. The summed E-state index contributed by atoms with van der Waals surface area (Å²) in [6, 6.07) is 7.08. The largest absolute Gasteiger partial charge is 0.481 e. The van der Waals surface area contributed by atoms with Crippen molar-refractivity contribution in [1.82, 2.24) is 4.90 Å². The summed E-state index contributed by atoms with van der Waals surface area (Å²) in [5.74, 6) is -1.32. The first-order valence-electron chi connectivity index (χ1n) is 9.13. The minimum absolute atomic E-state index is 0.0372. The molecule has 1 fully saturated rings. The number of nitrogens with zero attached hydrogens (tertiary/aromatic N) is 2. The first kappa shape index (κ1) is 18.9. The van der Waals surface area contributed by atoms with E-state index in [0.717, 1.165) is 0 Å². The van der Waals surface area contributed by atoms with Crippen LogP contribution in [0.2, 0.25) is 0 Å².